The van der Waals surface area contributed by atoms with Gasteiger partial charge in [-0.05, 0) is 54.6 Å². The summed E-state index contributed by atoms with van der Waals surface area (Å²) in [6.45, 7) is -0.826. The summed E-state index contributed by atoms with van der Waals surface area (Å²) in [5, 5.41) is 12.9. The van der Waals surface area contributed by atoms with Gasteiger partial charge in [0.25, 0.3) is 10.0 Å². The number of hydrogen-bond acceptors (Lipinski definition) is 4. The Labute approximate surface area is 205 Å². The molecule has 0 fully saturated rings. The van der Waals surface area contributed by atoms with Crippen molar-refractivity contribution in [3.05, 3.63) is 89.0 Å². The van der Waals surface area contributed by atoms with Crippen LogP contribution >= 0.6 is 23.2 Å². The van der Waals surface area contributed by atoms with Gasteiger partial charge in [-0.1, -0.05) is 41.4 Å². The molecule has 0 radical (unpaired) electrons. The fraction of sp³-hybridized carbons (Fsp3) is 0.0435. The van der Waals surface area contributed by atoms with E-state index in [0.717, 1.165) is 4.31 Å². The lowest BCUT2D eigenvalue weighted by atomic mass is 10.2. The zero-order valence-corrected chi connectivity index (χ0v) is 19.7. The number of carboxylic acid groups (broad SMARTS) is 1. The van der Waals surface area contributed by atoms with Gasteiger partial charge in [0.1, 0.15) is 6.54 Å². The molecule has 2 N–H and O–H groups in total. The smallest absolute Gasteiger partial charge is 0.330 e. The molecule has 4 aromatic rings. The van der Waals surface area contributed by atoms with E-state index >= 15 is 0 Å². The number of halogens is 2. The second-order valence-corrected chi connectivity index (χ2v) is 9.97. The van der Waals surface area contributed by atoms with Crippen LogP contribution in [-0.4, -0.2) is 36.6 Å². The molecule has 4 rings (SSSR count). The largest absolute Gasteiger partial charge is 0.480 e. The van der Waals surface area contributed by atoms with Crippen molar-refractivity contribution in [2.45, 2.75) is 4.90 Å². The molecule has 11 heteroatoms. The Morgan fingerprint density at radius 2 is 1.62 bits per heavy atom. The Kier molecular flexibility index (Phi) is 6.52. The first kappa shape index (κ1) is 23.6. The van der Waals surface area contributed by atoms with E-state index in [4.69, 9.17) is 23.2 Å². The highest BCUT2D eigenvalue weighted by Crippen LogP contribution is 2.30. The highest BCUT2D eigenvalue weighted by molar-refractivity contribution is 7.92. The van der Waals surface area contributed by atoms with Crippen LogP contribution in [-0.2, 0) is 14.8 Å². The van der Waals surface area contributed by atoms with Crippen molar-refractivity contribution < 1.29 is 23.1 Å². The summed E-state index contributed by atoms with van der Waals surface area (Å²) in [6, 6.07) is 18.4. The van der Waals surface area contributed by atoms with Crippen molar-refractivity contribution in [1.82, 2.24) is 4.57 Å². The summed E-state index contributed by atoms with van der Waals surface area (Å²) in [5.41, 5.74) is 1.23. The standard InChI is InChI=1S/C23H17Cl2N3O5S/c24-16-11-17(25)13-20(12-16)34(32,33)28(14-22(29)30)19-6-7-21-15(10-19)8-9-27(21)23(31)26-18-4-2-1-3-5-18/h1-13H,14H2,(H,26,31)(H,29,30). The van der Waals surface area contributed by atoms with E-state index in [-0.39, 0.29) is 20.6 Å². The maximum Gasteiger partial charge on any atom is 0.330 e. The van der Waals surface area contributed by atoms with Crippen LogP contribution in [0.2, 0.25) is 10.0 Å². The number of aliphatic carboxylic acids is 1. The molecule has 0 bridgehead atoms. The van der Waals surface area contributed by atoms with Crippen molar-refractivity contribution in [2.75, 3.05) is 16.2 Å². The van der Waals surface area contributed by atoms with Gasteiger partial charge in [-0.2, -0.15) is 0 Å². The molecule has 8 nitrogen and oxygen atoms in total. The van der Waals surface area contributed by atoms with Gasteiger partial charge in [-0.3, -0.25) is 13.7 Å². The number of nitrogens with one attached hydrogen (secondary N) is 1. The first-order valence-electron chi connectivity index (χ1n) is 9.83. The lowest BCUT2D eigenvalue weighted by Crippen LogP contribution is -2.35. The van der Waals surface area contributed by atoms with Crippen LogP contribution < -0.4 is 9.62 Å². The zero-order chi connectivity index (χ0) is 24.5. The SMILES string of the molecule is O=C(O)CN(c1ccc2c(ccn2C(=O)Nc2ccccc2)c1)S(=O)(=O)c1cc(Cl)cc(Cl)c1. The van der Waals surface area contributed by atoms with Crippen molar-refractivity contribution in [2.24, 2.45) is 0 Å². The van der Waals surface area contributed by atoms with E-state index in [2.05, 4.69) is 5.32 Å². The molecule has 0 aliphatic carbocycles. The summed E-state index contributed by atoms with van der Waals surface area (Å²) < 4.78 is 28.7. The Bertz CT molecular complexity index is 1480. The Morgan fingerprint density at radius 3 is 2.26 bits per heavy atom. The molecular formula is C23H17Cl2N3O5S. The van der Waals surface area contributed by atoms with Gasteiger partial charge in [-0.15, -0.1) is 0 Å². The van der Waals surface area contributed by atoms with Gasteiger partial charge in [0.05, 0.1) is 16.1 Å². The Morgan fingerprint density at radius 1 is 0.941 bits per heavy atom. The zero-order valence-electron chi connectivity index (χ0n) is 17.4. The van der Waals surface area contributed by atoms with E-state index < -0.39 is 28.6 Å². The third-order valence-corrected chi connectivity index (χ3v) is 7.10. The van der Waals surface area contributed by atoms with Crippen LogP contribution in [0.5, 0.6) is 0 Å². The highest BCUT2D eigenvalue weighted by atomic mass is 35.5. The monoisotopic (exact) mass is 517 g/mol. The first-order valence-corrected chi connectivity index (χ1v) is 12.0. The number of aromatic nitrogens is 1. The average Bonchev–Trinajstić information content (AvgIpc) is 3.20. The number of amides is 1. The lowest BCUT2D eigenvalue weighted by molar-refractivity contribution is -0.135. The quantitative estimate of drug-likeness (QED) is 0.360. The molecule has 0 atom stereocenters. The van der Waals surface area contributed by atoms with Gasteiger partial charge in [0.15, 0.2) is 0 Å². The molecule has 0 unspecified atom stereocenters. The summed E-state index contributed by atoms with van der Waals surface area (Å²) >= 11 is 11.9. The fourth-order valence-electron chi connectivity index (χ4n) is 3.41. The van der Waals surface area contributed by atoms with Crippen LogP contribution in [0.15, 0.2) is 83.9 Å². The fourth-order valence-corrected chi connectivity index (χ4v) is 5.54. The number of anilines is 2. The molecule has 1 amide bonds. The van der Waals surface area contributed by atoms with Crippen molar-refractivity contribution in [3.63, 3.8) is 0 Å². The van der Waals surface area contributed by atoms with Gasteiger partial charge in [0, 0.05) is 27.3 Å². The van der Waals surface area contributed by atoms with Crippen LogP contribution in [0.3, 0.4) is 0 Å². The molecule has 0 aliphatic heterocycles. The van der Waals surface area contributed by atoms with Crippen molar-refractivity contribution >= 4 is 67.5 Å². The first-order chi connectivity index (χ1) is 16.1. The minimum atomic E-state index is -4.32. The summed E-state index contributed by atoms with van der Waals surface area (Å²) in [7, 11) is -4.32. The number of benzene rings is 3. The molecular weight excluding hydrogens is 501 g/mol. The molecule has 0 spiro atoms. The Hall–Kier alpha value is -3.53. The predicted octanol–water partition coefficient (Wildman–Crippen LogP) is 5.31. The van der Waals surface area contributed by atoms with Crippen molar-refractivity contribution in [3.8, 4) is 0 Å². The summed E-state index contributed by atoms with van der Waals surface area (Å²) in [5.74, 6) is -1.35. The van der Waals surface area contributed by atoms with E-state index in [1.54, 1.807) is 42.6 Å². The van der Waals surface area contributed by atoms with E-state index in [0.29, 0.717) is 16.6 Å². The summed E-state index contributed by atoms with van der Waals surface area (Å²) in [6.07, 6.45) is 1.54. The summed E-state index contributed by atoms with van der Waals surface area (Å²) in [4.78, 5) is 24.0. The molecule has 1 heterocycles. The molecule has 3 aromatic carbocycles. The molecule has 0 saturated heterocycles. The molecule has 34 heavy (non-hydrogen) atoms. The Balaban J connectivity index is 1.72. The molecule has 0 aliphatic rings. The number of hydrogen-bond donors (Lipinski definition) is 2. The van der Waals surface area contributed by atoms with Gasteiger partial charge in [-0.25, -0.2) is 13.2 Å². The van der Waals surface area contributed by atoms with E-state index in [9.17, 15) is 23.1 Å². The minimum Gasteiger partial charge on any atom is -0.480 e. The number of carbonyl (C=O) groups excluding carboxylic acids is 1. The molecule has 1 aromatic heterocycles. The van der Waals surface area contributed by atoms with Crippen LogP contribution in [0.1, 0.15) is 0 Å². The van der Waals surface area contributed by atoms with Crippen LogP contribution in [0, 0.1) is 0 Å². The number of rotatable bonds is 6. The van der Waals surface area contributed by atoms with E-state index in [1.165, 1.54) is 34.9 Å². The van der Waals surface area contributed by atoms with Gasteiger partial charge >= 0.3 is 12.0 Å². The second-order valence-electron chi connectivity index (χ2n) is 7.24. The van der Waals surface area contributed by atoms with Gasteiger partial charge < -0.3 is 10.4 Å². The number of fused-ring (bicyclic) bond motifs is 1. The number of carboxylic acids is 1. The topological polar surface area (TPSA) is 109 Å². The molecule has 0 saturated carbocycles. The number of para-hydroxylation sites is 1. The third kappa shape index (κ3) is 4.86. The highest BCUT2D eigenvalue weighted by Gasteiger charge is 2.28. The maximum absolute atomic E-state index is 13.3. The molecule has 174 valence electrons. The average molecular weight is 518 g/mol. The van der Waals surface area contributed by atoms with E-state index in [1.807, 2.05) is 6.07 Å². The number of sulfonamides is 1. The second kappa shape index (κ2) is 9.38. The number of carbonyl (C=O) groups is 2. The third-order valence-electron chi connectivity index (χ3n) is 4.91. The minimum absolute atomic E-state index is 0.0957. The van der Waals surface area contributed by atoms with Gasteiger partial charge in [0.2, 0.25) is 0 Å². The number of nitrogens with zero attached hydrogens (tertiary/aromatic N) is 2. The van der Waals surface area contributed by atoms with Crippen molar-refractivity contribution in [1.29, 1.82) is 0 Å². The van der Waals surface area contributed by atoms with Crippen LogP contribution in [0.25, 0.3) is 10.9 Å². The van der Waals surface area contributed by atoms with Crippen LogP contribution in [0.4, 0.5) is 16.2 Å². The predicted molar refractivity (Wildman–Crippen MR) is 131 cm³/mol. The normalized spacial score (nSPS) is 11.4. The lowest BCUT2D eigenvalue weighted by Gasteiger charge is -2.23. The maximum atomic E-state index is 13.3.